The lowest BCUT2D eigenvalue weighted by Crippen LogP contribution is -2.30. The Bertz CT molecular complexity index is 328. The van der Waals surface area contributed by atoms with E-state index in [4.69, 9.17) is 0 Å². The highest BCUT2D eigenvalue weighted by Gasteiger charge is 2.29. The Hall–Kier alpha value is -1.02. The third kappa shape index (κ3) is 4.02. The molecule has 0 aromatic carbocycles. The molecule has 0 radical (unpaired) electrons. The van der Waals surface area contributed by atoms with Crippen molar-refractivity contribution in [2.24, 2.45) is 11.8 Å². The van der Waals surface area contributed by atoms with Crippen molar-refractivity contribution in [3.63, 3.8) is 0 Å². The lowest BCUT2D eigenvalue weighted by atomic mass is 9.70. The van der Waals surface area contributed by atoms with E-state index in [-0.39, 0.29) is 0 Å². The SMILES string of the molecule is C=CC1CCC1C/C(=C/C(C)=C\NC)C(C)NC. The van der Waals surface area contributed by atoms with Gasteiger partial charge in [0.2, 0.25) is 0 Å². The number of allylic oxidation sites excluding steroid dienone is 3. The van der Waals surface area contributed by atoms with Gasteiger partial charge in [-0.1, -0.05) is 17.7 Å². The highest BCUT2D eigenvalue weighted by Crippen LogP contribution is 2.39. The lowest BCUT2D eigenvalue weighted by molar-refractivity contribution is 0.223. The largest absolute Gasteiger partial charge is 0.394 e. The third-order valence-corrected chi connectivity index (χ3v) is 4.05. The zero-order chi connectivity index (χ0) is 13.5. The minimum atomic E-state index is 0.441. The topological polar surface area (TPSA) is 24.1 Å². The summed E-state index contributed by atoms with van der Waals surface area (Å²) in [5, 5.41) is 6.44. The van der Waals surface area contributed by atoms with E-state index in [1.807, 2.05) is 20.3 Å². The van der Waals surface area contributed by atoms with E-state index in [2.05, 4.69) is 43.2 Å². The normalized spacial score (nSPS) is 26.4. The van der Waals surface area contributed by atoms with Crippen molar-refractivity contribution in [3.05, 3.63) is 36.1 Å². The second kappa shape index (κ2) is 7.42. The molecule has 1 aliphatic carbocycles. The van der Waals surface area contributed by atoms with Gasteiger partial charge in [0, 0.05) is 13.1 Å². The van der Waals surface area contributed by atoms with Crippen LogP contribution in [0.3, 0.4) is 0 Å². The molecule has 0 saturated heterocycles. The van der Waals surface area contributed by atoms with Crippen LogP contribution < -0.4 is 10.6 Å². The van der Waals surface area contributed by atoms with Gasteiger partial charge in [0.15, 0.2) is 0 Å². The van der Waals surface area contributed by atoms with Crippen molar-refractivity contribution >= 4 is 0 Å². The molecule has 18 heavy (non-hydrogen) atoms. The summed E-state index contributed by atoms with van der Waals surface area (Å²) in [6, 6.07) is 0.441. The smallest absolute Gasteiger partial charge is 0.0251 e. The van der Waals surface area contributed by atoms with Crippen molar-refractivity contribution in [1.29, 1.82) is 0 Å². The Morgan fingerprint density at radius 1 is 1.39 bits per heavy atom. The molecular formula is C16H28N2. The Kier molecular flexibility index (Phi) is 6.20. The molecule has 2 N–H and O–H groups in total. The van der Waals surface area contributed by atoms with E-state index in [1.165, 1.54) is 30.4 Å². The summed E-state index contributed by atoms with van der Waals surface area (Å²) < 4.78 is 0. The van der Waals surface area contributed by atoms with Gasteiger partial charge in [0.25, 0.3) is 0 Å². The number of nitrogens with one attached hydrogen (secondary N) is 2. The zero-order valence-corrected chi connectivity index (χ0v) is 12.3. The molecule has 0 aromatic rings. The van der Waals surface area contributed by atoms with Gasteiger partial charge >= 0.3 is 0 Å². The molecule has 0 aromatic heterocycles. The van der Waals surface area contributed by atoms with Gasteiger partial charge < -0.3 is 10.6 Å². The second-order valence-electron chi connectivity index (χ2n) is 5.35. The Labute approximate surface area is 112 Å². The first-order valence-electron chi connectivity index (χ1n) is 6.96. The highest BCUT2D eigenvalue weighted by molar-refractivity contribution is 5.25. The molecule has 0 heterocycles. The Morgan fingerprint density at radius 2 is 2.11 bits per heavy atom. The van der Waals surface area contributed by atoms with E-state index in [0.717, 1.165) is 11.8 Å². The van der Waals surface area contributed by atoms with E-state index >= 15 is 0 Å². The van der Waals surface area contributed by atoms with E-state index < -0.39 is 0 Å². The lowest BCUT2D eigenvalue weighted by Gasteiger charge is -2.36. The standard InChI is InChI=1S/C16H28N2/c1-6-14-7-8-15(14)10-16(13(3)18-5)9-12(2)11-17-4/h6,9,11,13-15,17-18H,1,7-8,10H2,2-5H3/b12-11-,16-9-. The Morgan fingerprint density at radius 3 is 2.56 bits per heavy atom. The van der Waals surface area contributed by atoms with Gasteiger partial charge in [-0.25, -0.2) is 0 Å². The van der Waals surface area contributed by atoms with Gasteiger partial charge in [-0.2, -0.15) is 0 Å². The van der Waals surface area contributed by atoms with Crippen LogP contribution in [0.25, 0.3) is 0 Å². The fourth-order valence-electron chi connectivity index (χ4n) is 2.57. The first-order valence-corrected chi connectivity index (χ1v) is 6.96. The summed E-state index contributed by atoms with van der Waals surface area (Å²) in [6.07, 6.45) is 10.4. The maximum Gasteiger partial charge on any atom is 0.0251 e. The monoisotopic (exact) mass is 248 g/mol. The van der Waals surface area contributed by atoms with Crippen molar-refractivity contribution < 1.29 is 0 Å². The van der Waals surface area contributed by atoms with Gasteiger partial charge in [-0.15, -0.1) is 6.58 Å². The third-order valence-electron chi connectivity index (χ3n) is 4.05. The Balaban J connectivity index is 2.72. The van der Waals surface area contributed by atoms with Crippen LogP contribution in [-0.4, -0.2) is 20.1 Å². The van der Waals surface area contributed by atoms with Gasteiger partial charge in [0.05, 0.1) is 0 Å². The molecule has 2 nitrogen and oxygen atoms in total. The molecule has 0 aliphatic heterocycles. The molecule has 0 amide bonds. The molecule has 0 bridgehead atoms. The number of hydrogen-bond donors (Lipinski definition) is 2. The predicted molar refractivity (Wildman–Crippen MR) is 80.4 cm³/mol. The van der Waals surface area contributed by atoms with E-state index in [9.17, 15) is 0 Å². The molecule has 1 saturated carbocycles. The summed E-state index contributed by atoms with van der Waals surface area (Å²) in [5.74, 6) is 1.53. The first kappa shape index (κ1) is 15.0. The number of likely N-dealkylation sites (N-methyl/N-ethyl adjacent to an activating group) is 1. The fraction of sp³-hybridized carbons (Fsp3) is 0.625. The molecule has 102 valence electrons. The van der Waals surface area contributed by atoms with Crippen LogP contribution in [-0.2, 0) is 0 Å². The van der Waals surface area contributed by atoms with Crippen LogP contribution in [0.4, 0.5) is 0 Å². The molecule has 3 unspecified atom stereocenters. The summed E-state index contributed by atoms with van der Waals surface area (Å²) in [7, 11) is 3.97. The van der Waals surface area contributed by atoms with Crippen LogP contribution in [0.5, 0.6) is 0 Å². The van der Waals surface area contributed by atoms with Crippen LogP contribution >= 0.6 is 0 Å². The minimum Gasteiger partial charge on any atom is -0.394 e. The molecule has 3 atom stereocenters. The molecule has 1 rings (SSSR count). The van der Waals surface area contributed by atoms with Crippen molar-refractivity contribution in [2.75, 3.05) is 14.1 Å². The van der Waals surface area contributed by atoms with E-state index in [1.54, 1.807) is 0 Å². The van der Waals surface area contributed by atoms with Crippen LogP contribution in [0.15, 0.2) is 36.1 Å². The second-order valence-corrected chi connectivity index (χ2v) is 5.35. The molecule has 0 spiro atoms. The summed E-state index contributed by atoms with van der Waals surface area (Å²) >= 11 is 0. The van der Waals surface area contributed by atoms with Crippen LogP contribution in [0.1, 0.15) is 33.1 Å². The van der Waals surface area contributed by atoms with Crippen LogP contribution in [0.2, 0.25) is 0 Å². The number of hydrogen-bond acceptors (Lipinski definition) is 2. The first-order chi connectivity index (χ1) is 8.62. The van der Waals surface area contributed by atoms with Gasteiger partial charge in [0.1, 0.15) is 0 Å². The molecule has 1 fully saturated rings. The summed E-state index contributed by atoms with van der Waals surface area (Å²) in [6.45, 7) is 8.32. The molecule has 1 aliphatic rings. The van der Waals surface area contributed by atoms with Gasteiger partial charge in [-0.05, 0) is 63.8 Å². The number of rotatable bonds is 7. The van der Waals surface area contributed by atoms with Gasteiger partial charge in [-0.3, -0.25) is 0 Å². The van der Waals surface area contributed by atoms with Crippen LogP contribution in [0, 0.1) is 11.8 Å². The highest BCUT2D eigenvalue weighted by atomic mass is 14.9. The fourth-order valence-corrected chi connectivity index (χ4v) is 2.57. The maximum atomic E-state index is 3.94. The quantitative estimate of drug-likeness (QED) is 0.534. The average Bonchev–Trinajstić information content (AvgIpc) is 2.32. The van der Waals surface area contributed by atoms with E-state index in [0.29, 0.717) is 6.04 Å². The summed E-state index contributed by atoms with van der Waals surface area (Å²) in [4.78, 5) is 0. The average molecular weight is 248 g/mol. The molecule has 2 heteroatoms. The molecular weight excluding hydrogens is 220 g/mol. The summed E-state index contributed by atoms with van der Waals surface area (Å²) in [5.41, 5.74) is 2.78. The zero-order valence-electron chi connectivity index (χ0n) is 12.3. The minimum absolute atomic E-state index is 0.441. The van der Waals surface area contributed by atoms with Crippen molar-refractivity contribution in [1.82, 2.24) is 10.6 Å². The van der Waals surface area contributed by atoms with Crippen molar-refractivity contribution in [2.45, 2.75) is 39.2 Å². The van der Waals surface area contributed by atoms with Crippen molar-refractivity contribution in [3.8, 4) is 0 Å². The maximum absolute atomic E-state index is 3.94. The predicted octanol–water partition coefficient (Wildman–Crippen LogP) is 3.25.